The Morgan fingerprint density at radius 1 is 1.32 bits per heavy atom. The number of rotatable bonds is 7. The first-order chi connectivity index (χ1) is 12.1. The third-order valence-electron chi connectivity index (χ3n) is 4.72. The van der Waals surface area contributed by atoms with Gasteiger partial charge in [-0.1, -0.05) is 5.21 Å². The minimum atomic E-state index is -1.05. The number of aromatic carboxylic acids is 1. The van der Waals surface area contributed by atoms with Crippen LogP contribution in [0.4, 0.5) is 0 Å². The van der Waals surface area contributed by atoms with E-state index in [1.807, 2.05) is 0 Å². The van der Waals surface area contributed by atoms with Crippen LogP contribution in [-0.2, 0) is 13.0 Å². The van der Waals surface area contributed by atoms with Crippen molar-refractivity contribution in [2.24, 2.45) is 0 Å². The summed E-state index contributed by atoms with van der Waals surface area (Å²) >= 11 is 0. The number of hydrogen-bond donors (Lipinski definition) is 2. The third-order valence-corrected chi connectivity index (χ3v) is 4.72. The molecular formula is C17H20N6O2. The van der Waals surface area contributed by atoms with Crippen molar-refractivity contribution in [2.75, 3.05) is 0 Å². The molecule has 1 aliphatic carbocycles. The van der Waals surface area contributed by atoms with E-state index in [0.717, 1.165) is 30.6 Å². The van der Waals surface area contributed by atoms with E-state index in [1.165, 1.54) is 35.7 Å². The predicted molar refractivity (Wildman–Crippen MR) is 90.5 cm³/mol. The van der Waals surface area contributed by atoms with Crippen molar-refractivity contribution in [2.45, 2.75) is 51.5 Å². The highest BCUT2D eigenvalue weighted by Gasteiger charge is 2.27. The van der Waals surface area contributed by atoms with Crippen molar-refractivity contribution < 1.29 is 9.90 Å². The minimum absolute atomic E-state index is 0.0225. The molecule has 0 amide bonds. The number of nitrogens with zero attached hydrogens (tertiary/aromatic N) is 5. The molecule has 8 nitrogen and oxygen atoms in total. The first-order valence-electron chi connectivity index (χ1n) is 8.60. The molecule has 1 fully saturated rings. The SMILES string of the molecule is Cc1c(C2CC2)[nH]c2nnc(CCCCn3cc(C(=O)O)nn3)cc12. The Hall–Kier alpha value is -2.77. The Kier molecular flexibility index (Phi) is 3.95. The van der Waals surface area contributed by atoms with Crippen LogP contribution in [0.15, 0.2) is 12.3 Å². The third kappa shape index (κ3) is 3.24. The zero-order chi connectivity index (χ0) is 17.4. The maximum absolute atomic E-state index is 10.8. The lowest BCUT2D eigenvalue weighted by Crippen LogP contribution is -2.01. The Labute approximate surface area is 144 Å². The molecule has 0 unspecified atom stereocenters. The molecule has 130 valence electrons. The van der Waals surface area contributed by atoms with Gasteiger partial charge in [0.2, 0.25) is 0 Å². The summed E-state index contributed by atoms with van der Waals surface area (Å²) in [6, 6.07) is 2.14. The summed E-state index contributed by atoms with van der Waals surface area (Å²) in [5.41, 5.74) is 4.47. The van der Waals surface area contributed by atoms with Crippen molar-refractivity contribution in [3.8, 4) is 0 Å². The Bertz CT molecular complexity index is 925. The van der Waals surface area contributed by atoms with E-state index in [-0.39, 0.29) is 5.69 Å². The summed E-state index contributed by atoms with van der Waals surface area (Å²) in [7, 11) is 0. The van der Waals surface area contributed by atoms with Gasteiger partial charge >= 0.3 is 5.97 Å². The number of aryl methyl sites for hydroxylation is 3. The van der Waals surface area contributed by atoms with Crippen LogP contribution in [0.25, 0.3) is 11.0 Å². The van der Waals surface area contributed by atoms with Gasteiger partial charge in [-0.15, -0.1) is 10.2 Å². The highest BCUT2D eigenvalue weighted by atomic mass is 16.4. The highest BCUT2D eigenvalue weighted by molar-refractivity contribution is 5.84. The lowest BCUT2D eigenvalue weighted by Gasteiger charge is -2.01. The Morgan fingerprint density at radius 2 is 2.16 bits per heavy atom. The van der Waals surface area contributed by atoms with Crippen LogP contribution in [0.3, 0.4) is 0 Å². The molecule has 1 aliphatic rings. The number of carbonyl (C=O) groups is 1. The molecule has 3 aromatic heterocycles. The summed E-state index contributed by atoms with van der Waals surface area (Å²) in [6.07, 6.45) is 6.63. The number of unbranched alkanes of at least 4 members (excludes halogenated alkanes) is 1. The second-order valence-corrected chi connectivity index (χ2v) is 6.67. The van der Waals surface area contributed by atoms with E-state index in [0.29, 0.717) is 12.5 Å². The normalized spacial score (nSPS) is 14.3. The molecule has 0 bridgehead atoms. The number of aromatic nitrogens is 6. The molecule has 0 aromatic carbocycles. The van der Waals surface area contributed by atoms with Crippen LogP contribution in [-0.4, -0.2) is 41.3 Å². The standard InChI is InChI=1S/C17H20N6O2/c1-10-13-8-12(19-21-16(13)18-15(10)11-5-6-11)4-2-3-7-23-9-14(17(24)25)20-22-23/h8-9,11H,2-7H2,1H3,(H,18,21)(H,24,25). The van der Waals surface area contributed by atoms with E-state index in [1.54, 1.807) is 4.68 Å². The molecule has 25 heavy (non-hydrogen) atoms. The number of carboxylic acids is 1. The average molecular weight is 340 g/mol. The fourth-order valence-corrected chi connectivity index (χ4v) is 3.16. The van der Waals surface area contributed by atoms with Crippen molar-refractivity contribution in [1.82, 2.24) is 30.2 Å². The first-order valence-corrected chi connectivity index (χ1v) is 8.60. The second-order valence-electron chi connectivity index (χ2n) is 6.67. The van der Waals surface area contributed by atoms with E-state index in [4.69, 9.17) is 5.11 Å². The minimum Gasteiger partial charge on any atom is -0.476 e. The van der Waals surface area contributed by atoms with E-state index in [9.17, 15) is 4.79 Å². The number of nitrogens with one attached hydrogen (secondary N) is 1. The van der Waals surface area contributed by atoms with Crippen molar-refractivity contribution in [1.29, 1.82) is 0 Å². The van der Waals surface area contributed by atoms with Gasteiger partial charge in [0.15, 0.2) is 11.3 Å². The lowest BCUT2D eigenvalue weighted by molar-refractivity contribution is 0.0690. The number of hydrogen-bond acceptors (Lipinski definition) is 5. The van der Waals surface area contributed by atoms with Crippen LogP contribution in [0.2, 0.25) is 0 Å². The Balaban J connectivity index is 1.36. The zero-order valence-corrected chi connectivity index (χ0v) is 14.1. The topological polar surface area (TPSA) is 110 Å². The van der Waals surface area contributed by atoms with Crippen molar-refractivity contribution in [3.63, 3.8) is 0 Å². The van der Waals surface area contributed by atoms with Crippen LogP contribution >= 0.6 is 0 Å². The first kappa shape index (κ1) is 15.7. The molecular weight excluding hydrogens is 320 g/mol. The number of carboxylic acid groups (broad SMARTS) is 1. The molecule has 0 atom stereocenters. The predicted octanol–water partition coefficient (Wildman–Crippen LogP) is 2.46. The molecule has 0 spiro atoms. The number of fused-ring (bicyclic) bond motifs is 1. The summed E-state index contributed by atoms with van der Waals surface area (Å²) in [5.74, 6) is -0.377. The van der Waals surface area contributed by atoms with Gasteiger partial charge in [0.05, 0.1) is 11.9 Å². The molecule has 0 radical (unpaired) electrons. The fraction of sp³-hybridized carbons (Fsp3) is 0.471. The van der Waals surface area contributed by atoms with Gasteiger partial charge < -0.3 is 10.1 Å². The second kappa shape index (κ2) is 6.27. The highest BCUT2D eigenvalue weighted by Crippen LogP contribution is 2.42. The fourth-order valence-electron chi connectivity index (χ4n) is 3.16. The number of H-pyrrole nitrogens is 1. The van der Waals surface area contributed by atoms with Crippen LogP contribution in [0, 0.1) is 6.92 Å². The van der Waals surface area contributed by atoms with Gasteiger partial charge in [-0.3, -0.25) is 4.68 Å². The molecule has 2 N–H and O–H groups in total. The average Bonchev–Trinajstić information content (AvgIpc) is 3.24. The molecule has 3 heterocycles. The largest absolute Gasteiger partial charge is 0.476 e. The van der Waals surface area contributed by atoms with Crippen molar-refractivity contribution >= 4 is 17.0 Å². The molecule has 8 heteroatoms. The Morgan fingerprint density at radius 3 is 2.88 bits per heavy atom. The summed E-state index contributed by atoms with van der Waals surface area (Å²) in [4.78, 5) is 14.2. The molecule has 0 aliphatic heterocycles. The summed E-state index contributed by atoms with van der Waals surface area (Å²) in [5, 5.41) is 26.1. The zero-order valence-electron chi connectivity index (χ0n) is 14.1. The molecule has 3 aromatic rings. The molecule has 1 saturated carbocycles. The van der Waals surface area contributed by atoms with E-state index >= 15 is 0 Å². The number of aromatic amines is 1. The van der Waals surface area contributed by atoms with Gasteiger partial charge in [-0.05, 0) is 56.6 Å². The maximum atomic E-state index is 10.8. The van der Waals surface area contributed by atoms with Crippen LogP contribution in [0.1, 0.15) is 59.0 Å². The van der Waals surface area contributed by atoms with Gasteiger partial charge in [0, 0.05) is 17.6 Å². The monoisotopic (exact) mass is 340 g/mol. The molecule has 0 saturated heterocycles. The summed E-state index contributed by atoms with van der Waals surface area (Å²) < 4.78 is 1.57. The van der Waals surface area contributed by atoms with Gasteiger partial charge in [-0.25, -0.2) is 4.79 Å². The van der Waals surface area contributed by atoms with Gasteiger partial charge in [0.25, 0.3) is 0 Å². The summed E-state index contributed by atoms with van der Waals surface area (Å²) in [6.45, 7) is 2.80. The van der Waals surface area contributed by atoms with Gasteiger partial charge in [-0.2, -0.15) is 5.10 Å². The lowest BCUT2D eigenvalue weighted by atomic mass is 10.1. The van der Waals surface area contributed by atoms with Gasteiger partial charge in [0.1, 0.15) is 0 Å². The van der Waals surface area contributed by atoms with Crippen molar-refractivity contribution in [3.05, 3.63) is 34.9 Å². The van der Waals surface area contributed by atoms with E-state index < -0.39 is 5.97 Å². The quantitative estimate of drug-likeness (QED) is 0.639. The van der Waals surface area contributed by atoms with Crippen LogP contribution in [0.5, 0.6) is 0 Å². The smallest absolute Gasteiger partial charge is 0.358 e. The molecule has 4 rings (SSSR count). The van der Waals surface area contributed by atoms with Crippen LogP contribution < -0.4 is 0 Å². The van der Waals surface area contributed by atoms with E-state index in [2.05, 4.69) is 38.5 Å². The maximum Gasteiger partial charge on any atom is 0.358 e.